The van der Waals surface area contributed by atoms with Gasteiger partial charge in [0.2, 0.25) is 0 Å². The van der Waals surface area contributed by atoms with Gasteiger partial charge < -0.3 is 8.83 Å². The van der Waals surface area contributed by atoms with Crippen LogP contribution in [-0.2, 0) is 0 Å². The van der Waals surface area contributed by atoms with Crippen LogP contribution in [0.25, 0.3) is 33.8 Å². The minimum absolute atomic E-state index is 0.0420. The van der Waals surface area contributed by atoms with Crippen LogP contribution in [0, 0.1) is 0 Å². The minimum Gasteiger partial charge on any atom is -0.459 e. The Morgan fingerprint density at radius 3 is 2.63 bits per heavy atom. The molecule has 1 N–H and O–H groups in total. The summed E-state index contributed by atoms with van der Waals surface area (Å²) in [7, 11) is 0. The molecule has 2 aromatic carbocycles. The van der Waals surface area contributed by atoms with E-state index >= 15 is 0 Å². The molecule has 3 heterocycles. The Morgan fingerprint density at radius 2 is 1.83 bits per heavy atom. The summed E-state index contributed by atoms with van der Waals surface area (Å²) in [5.41, 5.74) is 2.59. The number of furan rings is 1. The van der Waals surface area contributed by atoms with Crippen molar-refractivity contribution in [3.8, 4) is 22.9 Å². The van der Waals surface area contributed by atoms with E-state index in [1.165, 1.54) is 6.26 Å². The summed E-state index contributed by atoms with van der Waals surface area (Å²) in [4.78, 5) is 17.8. The second-order valence-corrected chi connectivity index (χ2v) is 6.86. The van der Waals surface area contributed by atoms with Crippen LogP contribution in [0.5, 0.6) is 0 Å². The lowest BCUT2D eigenvalue weighted by molar-refractivity contribution is 0.102. The average molecular weight is 417 g/mol. The molecule has 0 fully saturated rings. The van der Waals surface area contributed by atoms with E-state index in [1.807, 2.05) is 30.3 Å². The predicted octanol–water partition coefficient (Wildman–Crippen LogP) is 5.45. The summed E-state index contributed by atoms with van der Waals surface area (Å²) in [6, 6.07) is 19.9. The summed E-state index contributed by atoms with van der Waals surface area (Å²) in [5, 5.41) is 11.5. The number of benzene rings is 2. The highest BCUT2D eigenvalue weighted by molar-refractivity contribution is 6.31. The number of aromatic nitrogens is 3. The summed E-state index contributed by atoms with van der Waals surface area (Å²) in [6.07, 6.45) is 1.50. The molecule has 0 aliphatic rings. The van der Waals surface area contributed by atoms with E-state index in [-0.39, 0.29) is 11.9 Å². The summed E-state index contributed by atoms with van der Waals surface area (Å²) in [5.74, 6) is 0.162. The van der Waals surface area contributed by atoms with Crippen LogP contribution in [0.2, 0.25) is 5.02 Å². The molecule has 7 nitrogen and oxygen atoms in total. The lowest BCUT2D eigenvalue weighted by atomic mass is 10.0. The van der Waals surface area contributed by atoms with Gasteiger partial charge in [0.15, 0.2) is 5.76 Å². The summed E-state index contributed by atoms with van der Waals surface area (Å²) >= 11 is 6.16. The molecule has 5 rings (SSSR count). The molecule has 0 spiro atoms. The fourth-order valence-electron chi connectivity index (χ4n) is 3.08. The molecular formula is C22H13ClN4O3. The Hall–Kier alpha value is -3.97. The number of nitrogens with one attached hydrogen (secondary N) is 1. The Morgan fingerprint density at radius 1 is 0.967 bits per heavy atom. The smallest absolute Gasteiger partial charge is 0.322 e. The standard InChI is InChI=1S/C22H13ClN4O3/c23-14-8-9-17-15(11-14)16(12-18(24-17)13-5-2-1-3-6-13)20(28)25-22-27-26-21(30-22)19-7-4-10-29-19/h1-12H,(H,25,27,28). The fraction of sp³-hybridized carbons (Fsp3) is 0. The van der Waals surface area contributed by atoms with Gasteiger partial charge >= 0.3 is 6.01 Å². The van der Waals surface area contributed by atoms with Crippen molar-refractivity contribution in [2.45, 2.75) is 0 Å². The number of anilines is 1. The Bertz CT molecular complexity index is 1350. The molecule has 0 aliphatic carbocycles. The SMILES string of the molecule is O=C(Nc1nnc(-c2ccco2)o1)c1cc(-c2ccccc2)nc2ccc(Cl)cc12. The molecule has 0 bridgehead atoms. The molecule has 5 aromatic rings. The largest absolute Gasteiger partial charge is 0.459 e. The monoisotopic (exact) mass is 416 g/mol. The number of rotatable bonds is 4. The lowest BCUT2D eigenvalue weighted by Gasteiger charge is -2.09. The maximum Gasteiger partial charge on any atom is 0.322 e. The molecular weight excluding hydrogens is 404 g/mol. The van der Waals surface area contributed by atoms with Crippen molar-refractivity contribution in [2.24, 2.45) is 0 Å². The van der Waals surface area contributed by atoms with Crippen molar-refractivity contribution in [3.63, 3.8) is 0 Å². The highest BCUT2D eigenvalue weighted by Gasteiger charge is 2.18. The zero-order valence-corrected chi connectivity index (χ0v) is 16.1. The fourth-order valence-corrected chi connectivity index (χ4v) is 3.25. The van der Waals surface area contributed by atoms with Gasteiger partial charge in [-0.15, -0.1) is 5.10 Å². The van der Waals surface area contributed by atoms with Crippen LogP contribution in [0.3, 0.4) is 0 Å². The van der Waals surface area contributed by atoms with E-state index in [0.29, 0.717) is 32.9 Å². The first-order chi connectivity index (χ1) is 14.7. The van der Waals surface area contributed by atoms with Gasteiger partial charge in [-0.1, -0.05) is 47.0 Å². The highest BCUT2D eigenvalue weighted by Crippen LogP contribution is 2.28. The second-order valence-electron chi connectivity index (χ2n) is 6.43. The van der Waals surface area contributed by atoms with Crippen LogP contribution in [-0.4, -0.2) is 21.1 Å². The second kappa shape index (κ2) is 7.46. The molecule has 0 aliphatic heterocycles. The third-order valence-electron chi connectivity index (χ3n) is 4.46. The molecule has 0 saturated carbocycles. The first-order valence-electron chi connectivity index (χ1n) is 9.02. The normalized spacial score (nSPS) is 11.0. The van der Waals surface area contributed by atoms with Crippen LogP contribution >= 0.6 is 11.6 Å². The van der Waals surface area contributed by atoms with Gasteiger partial charge in [-0.25, -0.2) is 4.98 Å². The zero-order chi connectivity index (χ0) is 20.5. The summed E-state index contributed by atoms with van der Waals surface area (Å²) in [6.45, 7) is 0. The predicted molar refractivity (Wildman–Crippen MR) is 112 cm³/mol. The Labute approximate surface area is 175 Å². The number of carbonyl (C=O) groups excluding carboxylic acids is 1. The van der Waals surface area contributed by atoms with E-state index in [4.69, 9.17) is 20.4 Å². The first-order valence-corrected chi connectivity index (χ1v) is 9.39. The van der Waals surface area contributed by atoms with Crippen molar-refractivity contribution in [1.82, 2.24) is 15.2 Å². The van der Waals surface area contributed by atoms with Crippen molar-refractivity contribution in [3.05, 3.63) is 83.6 Å². The Balaban J connectivity index is 1.55. The van der Waals surface area contributed by atoms with Crippen LogP contribution < -0.4 is 5.32 Å². The highest BCUT2D eigenvalue weighted by atomic mass is 35.5. The van der Waals surface area contributed by atoms with Gasteiger partial charge in [0.25, 0.3) is 11.8 Å². The molecule has 8 heteroatoms. The molecule has 0 radical (unpaired) electrons. The maximum absolute atomic E-state index is 13.1. The van der Waals surface area contributed by atoms with E-state index in [0.717, 1.165) is 5.56 Å². The Kier molecular flexibility index (Phi) is 4.49. The molecule has 30 heavy (non-hydrogen) atoms. The molecule has 0 unspecified atom stereocenters. The minimum atomic E-state index is -0.420. The first kappa shape index (κ1) is 18.1. The van der Waals surface area contributed by atoms with Gasteiger partial charge in [-0.2, -0.15) is 0 Å². The van der Waals surface area contributed by atoms with Crippen molar-refractivity contribution >= 4 is 34.4 Å². The maximum atomic E-state index is 13.1. The third-order valence-corrected chi connectivity index (χ3v) is 4.70. The molecule has 3 aromatic heterocycles. The lowest BCUT2D eigenvalue weighted by Crippen LogP contribution is -2.13. The van der Waals surface area contributed by atoms with Crippen molar-refractivity contribution in [2.75, 3.05) is 5.32 Å². The number of halogens is 1. The summed E-state index contributed by atoms with van der Waals surface area (Å²) < 4.78 is 10.7. The van der Waals surface area contributed by atoms with Gasteiger partial charge in [0.1, 0.15) is 0 Å². The van der Waals surface area contributed by atoms with E-state index < -0.39 is 5.91 Å². The number of amides is 1. The number of hydrogen-bond acceptors (Lipinski definition) is 6. The van der Waals surface area contributed by atoms with Crippen molar-refractivity contribution in [1.29, 1.82) is 0 Å². The van der Waals surface area contributed by atoms with Gasteiger partial charge in [0.05, 0.1) is 23.0 Å². The van der Waals surface area contributed by atoms with E-state index in [1.54, 1.807) is 36.4 Å². The van der Waals surface area contributed by atoms with Crippen molar-refractivity contribution < 1.29 is 13.6 Å². The number of hydrogen-bond donors (Lipinski definition) is 1. The molecule has 0 atom stereocenters. The van der Waals surface area contributed by atoms with E-state index in [2.05, 4.69) is 20.5 Å². The molecule has 1 amide bonds. The van der Waals surface area contributed by atoms with Crippen LogP contribution in [0.1, 0.15) is 10.4 Å². The van der Waals surface area contributed by atoms with Crippen LogP contribution in [0.15, 0.2) is 81.8 Å². The molecule has 0 saturated heterocycles. The topological polar surface area (TPSA) is 94.1 Å². The average Bonchev–Trinajstić information content (AvgIpc) is 3.45. The van der Waals surface area contributed by atoms with Gasteiger partial charge in [-0.3, -0.25) is 10.1 Å². The van der Waals surface area contributed by atoms with Crippen LogP contribution in [0.4, 0.5) is 6.01 Å². The molecule has 146 valence electrons. The van der Waals surface area contributed by atoms with E-state index in [9.17, 15) is 4.79 Å². The zero-order valence-electron chi connectivity index (χ0n) is 15.4. The number of fused-ring (bicyclic) bond motifs is 1. The van der Waals surface area contributed by atoms with Gasteiger partial charge in [0, 0.05) is 16.0 Å². The number of pyridine rings is 1. The quantitative estimate of drug-likeness (QED) is 0.418. The van der Waals surface area contributed by atoms with Gasteiger partial charge in [-0.05, 0) is 36.4 Å². The third kappa shape index (κ3) is 3.42. The number of nitrogens with zero attached hydrogens (tertiary/aromatic N) is 3. The number of carbonyl (C=O) groups is 1.